The van der Waals surface area contributed by atoms with Gasteiger partial charge >= 0.3 is 12.6 Å². The molecule has 0 aliphatic carbocycles. The Bertz CT molecular complexity index is 1490. The molecule has 1 saturated heterocycles. The summed E-state index contributed by atoms with van der Waals surface area (Å²) in [6.07, 6.45) is -0.531. The van der Waals surface area contributed by atoms with Crippen LogP contribution in [0.5, 0.6) is 5.75 Å². The number of halogens is 2. The molecule has 214 valence electrons. The van der Waals surface area contributed by atoms with Gasteiger partial charge in [-0.2, -0.15) is 13.1 Å². The first-order chi connectivity index (χ1) is 18.9. The van der Waals surface area contributed by atoms with Crippen molar-refractivity contribution in [3.63, 3.8) is 0 Å². The van der Waals surface area contributed by atoms with E-state index < -0.39 is 35.0 Å². The quantitative estimate of drug-likeness (QED) is 0.272. The number of carbonyl (C=O) groups is 2. The van der Waals surface area contributed by atoms with Gasteiger partial charge in [0.2, 0.25) is 15.8 Å². The minimum absolute atomic E-state index is 0.000176. The summed E-state index contributed by atoms with van der Waals surface area (Å²) < 4.78 is 69.6. The van der Waals surface area contributed by atoms with Crippen molar-refractivity contribution in [2.75, 3.05) is 19.7 Å². The molecule has 1 aliphatic rings. The number of sulfonamides is 1. The van der Waals surface area contributed by atoms with Crippen LogP contribution < -0.4 is 4.74 Å². The number of morpholine rings is 1. The number of esters is 1. The minimum Gasteiger partial charge on any atom is -0.454 e. The van der Waals surface area contributed by atoms with Crippen molar-refractivity contribution in [3.05, 3.63) is 77.1 Å². The second-order valence-corrected chi connectivity index (χ2v) is 11.5. The molecule has 1 aliphatic heterocycles. The van der Waals surface area contributed by atoms with Crippen molar-refractivity contribution in [3.8, 4) is 11.4 Å². The van der Waals surface area contributed by atoms with Crippen molar-refractivity contribution in [1.29, 1.82) is 0 Å². The summed E-state index contributed by atoms with van der Waals surface area (Å²) >= 11 is 0. The highest BCUT2D eigenvalue weighted by atomic mass is 32.2. The zero-order valence-electron chi connectivity index (χ0n) is 22.5. The standard InChI is InChI=1S/C28H30F2N2O7S/c1-17-12-25(20(4)32(17)22-8-10-23(11-9-22)39-28(29)30)26(33)16-37-27(34)21-6-5-7-24(13-21)40(35,36)31-14-18(2)38-19(3)15-31/h5-13,18-19,28H,14-16H2,1-4H3. The molecule has 3 aromatic rings. The van der Waals surface area contributed by atoms with Crippen LogP contribution in [0.3, 0.4) is 0 Å². The van der Waals surface area contributed by atoms with Gasteiger partial charge in [-0.15, -0.1) is 0 Å². The highest BCUT2D eigenvalue weighted by Gasteiger charge is 2.32. The molecular formula is C28H30F2N2O7S. The molecule has 40 heavy (non-hydrogen) atoms. The molecule has 0 amide bonds. The first kappa shape index (κ1) is 29.4. The molecule has 0 N–H and O–H groups in total. The summed E-state index contributed by atoms with van der Waals surface area (Å²) in [6, 6.07) is 13.1. The van der Waals surface area contributed by atoms with Crippen molar-refractivity contribution in [2.45, 2.75) is 51.4 Å². The maximum absolute atomic E-state index is 13.2. The number of hydrogen-bond donors (Lipinski definition) is 0. The topological polar surface area (TPSA) is 104 Å². The van der Waals surface area contributed by atoms with E-state index in [0.29, 0.717) is 22.6 Å². The largest absolute Gasteiger partial charge is 0.454 e. The third kappa shape index (κ3) is 6.40. The third-order valence-electron chi connectivity index (χ3n) is 6.48. The van der Waals surface area contributed by atoms with Gasteiger partial charge in [0.25, 0.3) is 0 Å². The number of ketones is 1. The van der Waals surface area contributed by atoms with Gasteiger partial charge in [0.15, 0.2) is 6.61 Å². The number of alkyl halides is 2. The Labute approximate surface area is 231 Å². The van der Waals surface area contributed by atoms with Gasteiger partial charge in [-0.1, -0.05) is 6.07 Å². The number of rotatable bonds is 9. The summed E-state index contributed by atoms with van der Waals surface area (Å²) in [5.41, 5.74) is 2.24. The molecule has 12 heteroatoms. The van der Waals surface area contributed by atoms with E-state index in [4.69, 9.17) is 9.47 Å². The number of carbonyl (C=O) groups excluding carboxylic acids is 2. The van der Waals surface area contributed by atoms with Crippen molar-refractivity contribution >= 4 is 21.8 Å². The predicted octanol–water partition coefficient (Wildman–Crippen LogP) is 4.53. The monoisotopic (exact) mass is 576 g/mol. The molecule has 2 aromatic carbocycles. The second-order valence-electron chi connectivity index (χ2n) is 9.60. The zero-order valence-corrected chi connectivity index (χ0v) is 23.3. The third-order valence-corrected chi connectivity index (χ3v) is 8.31. The Morgan fingerprint density at radius 2 is 1.68 bits per heavy atom. The van der Waals surface area contributed by atoms with Crippen LogP contribution in [-0.4, -0.2) is 67.6 Å². The molecular weight excluding hydrogens is 546 g/mol. The number of ether oxygens (including phenoxy) is 3. The Hall–Kier alpha value is -3.61. The normalized spacial score (nSPS) is 18.1. The van der Waals surface area contributed by atoms with Crippen molar-refractivity contribution < 1.29 is 41.0 Å². The number of nitrogens with zero attached hydrogens (tertiary/aromatic N) is 2. The highest BCUT2D eigenvalue weighted by molar-refractivity contribution is 7.89. The SMILES string of the molecule is Cc1cc(C(=O)COC(=O)c2cccc(S(=O)(=O)N3CC(C)OC(C)C3)c2)c(C)n1-c1ccc(OC(F)F)cc1. The van der Waals surface area contributed by atoms with Crippen LogP contribution in [0.15, 0.2) is 59.5 Å². The predicted molar refractivity (Wildman–Crippen MR) is 142 cm³/mol. The Morgan fingerprint density at radius 1 is 1.02 bits per heavy atom. The fourth-order valence-electron chi connectivity index (χ4n) is 4.77. The summed E-state index contributed by atoms with van der Waals surface area (Å²) in [7, 11) is -3.87. The van der Waals surface area contributed by atoms with Crippen molar-refractivity contribution in [1.82, 2.24) is 8.87 Å². The van der Waals surface area contributed by atoms with Crippen LogP contribution in [0.4, 0.5) is 8.78 Å². The molecule has 1 fully saturated rings. The minimum atomic E-state index is -3.87. The lowest BCUT2D eigenvalue weighted by atomic mass is 10.1. The van der Waals surface area contributed by atoms with E-state index >= 15 is 0 Å². The van der Waals surface area contributed by atoms with Gasteiger partial charge in [-0.25, -0.2) is 13.2 Å². The molecule has 1 aromatic heterocycles. The Balaban J connectivity index is 1.45. The van der Waals surface area contributed by atoms with E-state index in [0.717, 1.165) is 0 Å². The fraction of sp³-hybridized carbons (Fsp3) is 0.357. The van der Waals surface area contributed by atoms with E-state index in [-0.39, 0.29) is 41.5 Å². The van der Waals surface area contributed by atoms with E-state index in [1.54, 1.807) is 50.5 Å². The van der Waals surface area contributed by atoms with Gasteiger partial charge in [0, 0.05) is 35.7 Å². The van der Waals surface area contributed by atoms with Crippen LogP contribution in [0.1, 0.15) is 46.0 Å². The smallest absolute Gasteiger partial charge is 0.387 e. The van der Waals surface area contributed by atoms with E-state index in [9.17, 15) is 26.8 Å². The molecule has 9 nitrogen and oxygen atoms in total. The number of hydrogen-bond acceptors (Lipinski definition) is 7. The lowest BCUT2D eigenvalue weighted by Crippen LogP contribution is -2.48. The molecule has 0 saturated carbocycles. The summed E-state index contributed by atoms with van der Waals surface area (Å²) in [5.74, 6) is -1.28. The van der Waals surface area contributed by atoms with Gasteiger partial charge in [0.05, 0.1) is 22.7 Å². The fourth-order valence-corrected chi connectivity index (χ4v) is 6.41. The zero-order chi connectivity index (χ0) is 29.2. The lowest BCUT2D eigenvalue weighted by molar-refractivity contribution is -0.0498. The number of Topliss-reactive ketones (excluding diaryl/α,β-unsaturated/α-hetero) is 1. The molecule has 0 spiro atoms. The summed E-state index contributed by atoms with van der Waals surface area (Å²) in [4.78, 5) is 25.7. The lowest BCUT2D eigenvalue weighted by Gasteiger charge is -2.34. The summed E-state index contributed by atoms with van der Waals surface area (Å²) in [5, 5.41) is 0. The average molecular weight is 577 g/mol. The number of aromatic nitrogens is 1. The molecule has 0 bridgehead atoms. The number of benzene rings is 2. The van der Waals surface area contributed by atoms with Crippen LogP contribution in [0.25, 0.3) is 5.69 Å². The summed E-state index contributed by atoms with van der Waals surface area (Å²) in [6.45, 7) is 3.99. The van der Waals surface area contributed by atoms with E-state index in [2.05, 4.69) is 4.74 Å². The Kier molecular flexibility index (Phi) is 8.71. The molecule has 4 rings (SSSR count). The Morgan fingerprint density at radius 3 is 2.30 bits per heavy atom. The van der Waals surface area contributed by atoms with Gasteiger partial charge in [0.1, 0.15) is 5.75 Å². The molecule has 2 atom stereocenters. The van der Waals surface area contributed by atoms with Crippen LogP contribution >= 0.6 is 0 Å². The first-order valence-electron chi connectivity index (χ1n) is 12.6. The molecule has 0 radical (unpaired) electrons. The highest BCUT2D eigenvalue weighted by Crippen LogP contribution is 2.25. The molecule has 2 unspecified atom stereocenters. The van der Waals surface area contributed by atoms with Gasteiger partial charge in [-0.3, -0.25) is 4.79 Å². The molecule has 2 heterocycles. The van der Waals surface area contributed by atoms with Gasteiger partial charge in [-0.05, 0) is 76.2 Å². The van der Waals surface area contributed by atoms with Crippen LogP contribution in [-0.2, 0) is 19.5 Å². The second kappa shape index (κ2) is 11.9. The number of aryl methyl sites for hydroxylation is 1. The van der Waals surface area contributed by atoms with Crippen molar-refractivity contribution in [2.24, 2.45) is 0 Å². The van der Waals surface area contributed by atoms with Gasteiger partial charge < -0.3 is 18.8 Å². The van der Waals surface area contributed by atoms with Crippen LogP contribution in [0.2, 0.25) is 0 Å². The maximum atomic E-state index is 13.2. The first-order valence-corrected chi connectivity index (χ1v) is 14.0. The van der Waals surface area contributed by atoms with E-state index in [1.807, 2.05) is 0 Å². The van der Waals surface area contributed by atoms with E-state index in [1.165, 1.54) is 40.7 Å². The maximum Gasteiger partial charge on any atom is 0.387 e. The average Bonchev–Trinajstić information content (AvgIpc) is 3.20. The van der Waals surface area contributed by atoms with Crippen LogP contribution in [0, 0.1) is 13.8 Å².